The van der Waals surface area contributed by atoms with Crippen molar-refractivity contribution < 1.29 is 23.8 Å². The number of hydrogen-bond donors (Lipinski definition) is 2. The Labute approximate surface area is 183 Å². The summed E-state index contributed by atoms with van der Waals surface area (Å²) in [4.78, 5) is 34.3. The van der Waals surface area contributed by atoms with Gasteiger partial charge in [-0.2, -0.15) is 0 Å². The summed E-state index contributed by atoms with van der Waals surface area (Å²) >= 11 is 1.10. The number of allylic oxidation sites excluding steroid dienone is 1. The molecule has 2 aromatic heterocycles. The van der Waals surface area contributed by atoms with Gasteiger partial charge in [-0.1, -0.05) is 13.0 Å². The van der Waals surface area contributed by atoms with Gasteiger partial charge in [-0.15, -0.1) is 11.3 Å². The highest BCUT2D eigenvalue weighted by atomic mass is 32.1. The zero-order valence-electron chi connectivity index (χ0n) is 17.8. The van der Waals surface area contributed by atoms with Crippen LogP contribution in [-0.2, 0) is 9.53 Å². The second-order valence-electron chi connectivity index (χ2n) is 7.30. The van der Waals surface area contributed by atoms with E-state index in [2.05, 4.69) is 15.3 Å². The molecule has 0 saturated carbocycles. The van der Waals surface area contributed by atoms with E-state index in [9.17, 15) is 14.7 Å². The predicted octanol–water partition coefficient (Wildman–Crippen LogP) is 3.58. The minimum Gasteiger partial charge on any atom is -0.477 e. The number of carboxylic acids is 1. The first-order valence-electron chi connectivity index (χ1n) is 9.92. The number of aryl methyl sites for hydroxylation is 1. The minimum atomic E-state index is -2.13. The molecule has 0 aliphatic heterocycles. The van der Waals surface area contributed by atoms with E-state index >= 15 is 4.39 Å². The fourth-order valence-corrected chi connectivity index (χ4v) is 4.42. The lowest BCUT2D eigenvalue weighted by Gasteiger charge is -2.34. The van der Waals surface area contributed by atoms with Crippen molar-refractivity contribution in [3.8, 4) is 0 Å². The smallest absolute Gasteiger partial charge is 0.346 e. The molecule has 0 fully saturated rings. The standard InChI is InChI=1S/C21H25FN4O4S/c1-5-24-20(4,12-27)30-21(22)9-7-14(8-10-21)26(6-2)19-23-11-15-13(3)16(18(28)29)31-17(15)25-19/h7-9,11-12,24H,5-6,10H2,1-4H3,(H,28,29). The van der Waals surface area contributed by atoms with Crippen molar-refractivity contribution in [3.05, 3.63) is 40.6 Å². The molecular formula is C21H25FN4O4S. The number of nitrogens with one attached hydrogen (secondary N) is 1. The molecule has 0 radical (unpaired) electrons. The molecule has 0 spiro atoms. The second kappa shape index (κ2) is 8.81. The average Bonchev–Trinajstić information content (AvgIpc) is 3.06. The van der Waals surface area contributed by atoms with Crippen molar-refractivity contribution in [2.75, 3.05) is 18.0 Å². The van der Waals surface area contributed by atoms with Gasteiger partial charge in [0, 0.05) is 30.2 Å². The van der Waals surface area contributed by atoms with Gasteiger partial charge in [0.25, 0.3) is 0 Å². The van der Waals surface area contributed by atoms with E-state index < -0.39 is 17.5 Å². The van der Waals surface area contributed by atoms with Crippen LogP contribution in [-0.4, -0.2) is 52.0 Å². The molecule has 0 amide bonds. The number of aromatic carboxylic acids is 1. The SMILES string of the molecule is CCNC(C)(C=O)OC1(F)C=CC(N(CC)c2ncc3c(C)c(C(=O)O)sc3n2)=CC1. The van der Waals surface area contributed by atoms with E-state index in [1.165, 1.54) is 13.0 Å². The lowest BCUT2D eigenvalue weighted by Crippen LogP contribution is -2.51. The second-order valence-corrected chi connectivity index (χ2v) is 8.30. The first-order valence-corrected chi connectivity index (χ1v) is 10.7. The normalized spacial score (nSPS) is 20.4. The van der Waals surface area contributed by atoms with Crippen LogP contribution in [0.25, 0.3) is 10.2 Å². The topological polar surface area (TPSA) is 105 Å². The van der Waals surface area contributed by atoms with Crippen molar-refractivity contribution in [1.82, 2.24) is 15.3 Å². The largest absolute Gasteiger partial charge is 0.477 e. The molecule has 10 heteroatoms. The average molecular weight is 449 g/mol. The highest BCUT2D eigenvalue weighted by Crippen LogP contribution is 2.33. The molecule has 31 heavy (non-hydrogen) atoms. The van der Waals surface area contributed by atoms with Crippen LogP contribution in [0.3, 0.4) is 0 Å². The lowest BCUT2D eigenvalue weighted by atomic mass is 10.1. The van der Waals surface area contributed by atoms with E-state index in [0.717, 1.165) is 11.3 Å². The number of nitrogens with zero attached hydrogens (tertiary/aromatic N) is 3. The van der Waals surface area contributed by atoms with E-state index in [-0.39, 0.29) is 11.3 Å². The van der Waals surface area contributed by atoms with Gasteiger partial charge in [0.05, 0.1) is 0 Å². The molecular weight excluding hydrogens is 423 g/mol. The molecule has 2 heterocycles. The Morgan fingerprint density at radius 2 is 2.26 bits per heavy atom. The third kappa shape index (κ3) is 4.65. The quantitative estimate of drug-likeness (QED) is 0.443. The van der Waals surface area contributed by atoms with Crippen LogP contribution in [0.5, 0.6) is 0 Å². The third-order valence-electron chi connectivity index (χ3n) is 4.97. The third-order valence-corrected chi connectivity index (χ3v) is 6.16. The van der Waals surface area contributed by atoms with Crippen molar-refractivity contribution in [2.24, 2.45) is 0 Å². The molecule has 2 aromatic rings. The van der Waals surface area contributed by atoms with Gasteiger partial charge >= 0.3 is 5.97 Å². The monoisotopic (exact) mass is 448 g/mol. The molecule has 0 bridgehead atoms. The number of halogens is 1. The summed E-state index contributed by atoms with van der Waals surface area (Å²) in [6, 6.07) is 0. The Hall–Kier alpha value is -2.69. The molecule has 166 valence electrons. The summed E-state index contributed by atoms with van der Waals surface area (Å²) in [5.74, 6) is -2.74. The van der Waals surface area contributed by atoms with Gasteiger partial charge in [0.15, 0.2) is 12.0 Å². The molecule has 2 atom stereocenters. The number of aromatic nitrogens is 2. The number of likely N-dealkylation sites (N-methyl/N-ethyl adjacent to an activating group) is 2. The number of carboxylic acid groups (broad SMARTS) is 1. The molecule has 8 nitrogen and oxygen atoms in total. The van der Waals surface area contributed by atoms with Crippen LogP contribution in [0.1, 0.15) is 42.4 Å². The van der Waals surface area contributed by atoms with Crippen molar-refractivity contribution >= 4 is 39.8 Å². The molecule has 2 unspecified atom stereocenters. The summed E-state index contributed by atoms with van der Waals surface area (Å²) in [5.41, 5.74) is -0.115. The van der Waals surface area contributed by atoms with Crippen LogP contribution < -0.4 is 10.2 Å². The van der Waals surface area contributed by atoms with Gasteiger partial charge in [0.2, 0.25) is 11.8 Å². The van der Waals surface area contributed by atoms with Gasteiger partial charge < -0.3 is 14.7 Å². The fraction of sp³-hybridized carbons (Fsp3) is 0.429. The Bertz CT molecular complexity index is 1070. The highest BCUT2D eigenvalue weighted by Gasteiger charge is 2.38. The number of alkyl halides is 1. The predicted molar refractivity (Wildman–Crippen MR) is 117 cm³/mol. The maximum atomic E-state index is 15.2. The number of hydrogen-bond acceptors (Lipinski definition) is 8. The maximum absolute atomic E-state index is 15.2. The van der Waals surface area contributed by atoms with Crippen molar-refractivity contribution in [3.63, 3.8) is 0 Å². The van der Waals surface area contributed by atoms with Crippen molar-refractivity contribution in [1.29, 1.82) is 0 Å². The Balaban J connectivity index is 1.85. The number of ether oxygens (including phenoxy) is 1. The number of carbonyl (C=O) groups excluding carboxylic acids is 1. The van der Waals surface area contributed by atoms with Crippen LogP contribution in [0.15, 0.2) is 30.1 Å². The number of anilines is 1. The number of fused-ring (bicyclic) bond motifs is 1. The summed E-state index contributed by atoms with van der Waals surface area (Å²) in [5, 5.41) is 12.9. The molecule has 1 aliphatic carbocycles. The maximum Gasteiger partial charge on any atom is 0.346 e. The molecule has 0 aromatic carbocycles. The van der Waals surface area contributed by atoms with Crippen molar-refractivity contribution in [2.45, 2.75) is 45.7 Å². The highest BCUT2D eigenvalue weighted by molar-refractivity contribution is 7.20. The van der Waals surface area contributed by atoms with E-state index in [4.69, 9.17) is 4.74 Å². The summed E-state index contributed by atoms with van der Waals surface area (Å²) in [7, 11) is 0. The minimum absolute atomic E-state index is 0.0896. The van der Waals surface area contributed by atoms with Crippen LogP contribution in [0.2, 0.25) is 0 Å². The Morgan fingerprint density at radius 3 is 2.81 bits per heavy atom. The zero-order valence-corrected chi connectivity index (χ0v) is 18.6. The zero-order chi connectivity index (χ0) is 22.8. The number of rotatable bonds is 9. The van der Waals surface area contributed by atoms with Crippen LogP contribution in [0.4, 0.5) is 10.3 Å². The number of aldehydes is 1. The molecule has 3 rings (SSSR count). The summed E-state index contributed by atoms with van der Waals surface area (Å²) < 4.78 is 20.6. The van der Waals surface area contributed by atoms with Gasteiger partial charge in [-0.05, 0) is 45.0 Å². The first-order chi connectivity index (χ1) is 14.6. The Morgan fingerprint density at radius 1 is 1.52 bits per heavy atom. The van der Waals surface area contributed by atoms with Gasteiger partial charge in [0.1, 0.15) is 9.71 Å². The van der Waals surface area contributed by atoms with E-state index in [1.54, 1.807) is 37.1 Å². The molecule has 1 aliphatic rings. The summed E-state index contributed by atoms with van der Waals surface area (Å²) in [6.07, 6.45) is 6.58. The fourth-order valence-electron chi connectivity index (χ4n) is 3.43. The number of carbonyl (C=O) groups is 2. The number of thiophene rings is 1. The van der Waals surface area contributed by atoms with Gasteiger partial charge in [-0.3, -0.25) is 10.1 Å². The van der Waals surface area contributed by atoms with Crippen LogP contribution in [0, 0.1) is 6.92 Å². The van der Waals surface area contributed by atoms with E-state index in [0.29, 0.717) is 46.8 Å². The van der Waals surface area contributed by atoms with Crippen LogP contribution >= 0.6 is 11.3 Å². The lowest BCUT2D eigenvalue weighted by molar-refractivity contribution is -0.195. The Kier molecular flexibility index (Phi) is 6.54. The summed E-state index contributed by atoms with van der Waals surface area (Å²) in [6.45, 7) is 7.89. The van der Waals surface area contributed by atoms with E-state index in [1.807, 2.05) is 6.92 Å². The first kappa shape index (κ1) is 23.0. The molecule has 2 N–H and O–H groups in total. The van der Waals surface area contributed by atoms with Gasteiger partial charge in [-0.25, -0.2) is 19.2 Å². The molecule has 0 saturated heterocycles.